The summed E-state index contributed by atoms with van der Waals surface area (Å²) in [4.78, 5) is 27.9. The summed E-state index contributed by atoms with van der Waals surface area (Å²) in [5.74, 6) is 0.172. The van der Waals surface area contributed by atoms with Crippen molar-refractivity contribution in [3.63, 3.8) is 0 Å². The second kappa shape index (κ2) is 11.5. The summed E-state index contributed by atoms with van der Waals surface area (Å²) in [7, 11) is 0. The van der Waals surface area contributed by atoms with Crippen LogP contribution in [0, 0.1) is 5.92 Å². The topological polar surface area (TPSA) is 61.4 Å². The van der Waals surface area contributed by atoms with Crippen LogP contribution in [0.5, 0.6) is 0 Å². The third-order valence-electron chi connectivity index (χ3n) is 8.11. The molecule has 0 spiro atoms. The van der Waals surface area contributed by atoms with Gasteiger partial charge in [0.25, 0.3) is 5.91 Å². The summed E-state index contributed by atoms with van der Waals surface area (Å²) in [6.07, 6.45) is 9.36. The number of halogens is 2. The molecular formula is C29H35Cl2N3O2. The lowest BCUT2D eigenvalue weighted by molar-refractivity contribution is -0.133. The lowest BCUT2D eigenvalue weighted by Crippen LogP contribution is -2.42. The van der Waals surface area contributed by atoms with Crippen LogP contribution in [0.25, 0.3) is 11.1 Å². The molecule has 2 saturated heterocycles. The molecule has 0 aromatic heterocycles. The van der Waals surface area contributed by atoms with Crippen molar-refractivity contribution in [1.82, 2.24) is 15.5 Å². The van der Waals surface area contributed by atoms with Crippen molar-refractivity contribution in [3.05, 3.63) is 57.6 Å². The van der Waals surface area contributed by atoms with Crippen molar-refractivity contribution in [2.75, 3.05) is 19.6 Å². The second-order valence-electron chi connectivity index (χ2n) is 10.5. The number of likely N-dealkylation sites (tertiary alicyclic amines) is 1. The zero-order valence-electron chi connectivity index (χ0n) is 20.7. The molecule has 2 aromatic rings. The number of carbonyl (C=O) groups is 2. The highest BCUT2D eigenvalue weighted by Gasteiger charge is 2.36. The number of benzene rings is 2. The maximum atomic E-state index is 13.1. The summed E-state index contributed by atoms with van der Waals surface area (Å²) in [5.41, 5.74) is 3.35. The normalized spacial score (nSPS) is 21.7. The van der Waals surface area contributed by atoms with Gasteiger partial charge in [0.15, 0.2) is 0 Å². The first-order valence-electron chi connectivity index (χ1n) is 13.4. The number of amides is 2. The van der Waals surface area contributed by atoms with Crippen LogP contribution in [0.4, 0.5) is 0 Å². The number of rotatable bonds is 6. The Morgan fingerprint density at radius 1 is 0.917 bits per heavy atom. The van der Waals surface area contributed by atoms with Crippen molar-refractivity contribution in [2.45, 2.75) is 69.9 Å². The minimum atomic E-state index is -0.0504. The van der Waals surface area contributed by atoms with Gasteiger partial charge in [0.05, 0.1) is 0 Å². The molecule has 36 heavy (non-hydrogen) atoms. The number of carbonyl (C=O) groups excluding carboxylic acids is 2. The first-order valence-corrected chi connectivity index (χ1v) is 14.2. The van der Waals surface area contributed by atoms with Gasteiger partial charge in [-0.2, -0.15) is 0 Å². The molecule has 0 radical (unpaired) electrons. The fraction of sp³-hybridized carbons (Fsp3) is 0.517. The van der Waals surface area contributed by atoms with Crippen molar-refractivity contribution < 1.29 is 9.59 Å². The molecular weight excluding hydrogens is 493 g/mol. The maximum absolute atomic E-state index is 13.1. The zero-order chi connectivity index (χ0) is 25.1. The molecule has 2 N–H and O–H groups in total. The molecule has 1 saturated carbocycles. The van der Waals surface area contributed by atoms with Crippen LogP contribution in [0.15, 0.2) is 36.4 Å². The summed E-state index contributed by atoms with van der Waals surface area (Å²) in [6, 6.07) is 12.0. The molecule has 2 heterocycles. The van der Waals surface area contributed by atoms with Gasteiger partial charge < -0.3 is 15.5 Å². The molecule has 192 valence electrons. The van der Waals surface area contributed by atoms with E-state index in [0.717, 1.165) is 68.4 Å². The Hall–Kier alpha value is -2.08. The predicted molar refractivity (Wildman–Crippen MR) is 146 cm³/mol. The zero-order valence-corrected chi connectivity index (χ0v) is 22.2. The van der Waals surface area contributed by atoms with Gasteiger partial charge in [-0.05, 0) is 92.6 Å². The molecule has 3 fully saturated rings. The molecule has 7 heteroatoms. The molecule has 0 bridgehead atoms. The van der Waals surface area contributed by atoms with Gasteiger partial charge >= 0.3 is 0 Å². The summed E-state index contributed by atoms with van der Waals surface area (Å²) < 4.78 is 0. The van der Waals surface area contributed by atoms with Crippen LogP contribution in [0.2, 0.25) is 10.0 Å². The van der Waals surface area contributed by atoms with Gasteiger partial charge in [-0.3, -0.25) is 9.59 Å². The Bertz CT molecular complexity index is 1070. The van der Waals surface area contributed by atoms with E-state index in [1.807, 2.05) is 36.4 Å². The monoisotopic (exact) mass is 527 g/mol. The lowest BCUT2D eigenvalue weighted by Gasteiger charge is -2.31. The fourth-order valence-electron chi connectivity index (χ4n) is 5.97. The fourth-order valence-corrected chi connectivity index (χ4v) is 6.61. The van der Waals surface area contributed by atoms with Crippen molar-refractivity contribution in [3.8, 4) is 11.1 Å². The first kappa shape index (κ1) is 25.6. The minimum Gasteiger partial charge on any atom is -0.349 e. The highest BCUT2D eigenvalue weighted by molar-refractivity contribution is 6.36. The molecule has 2 aliphatic heterocycles. The largest absolute Gasteiger partial charge is 0.349 e. The molecule has 1 aliphatic carbocycles. The Morgan fingerprint density at radius 2 is 1.58 bits per heavy atom. The summed E-state index contributed by atoms with van der Waals surface area (Å²) >= 11 is 13.4. The number of nitrogens with zero attached hydrogens (tertiary/aromatic N) is 1. The van der Waals surface area contributed by atoms with Gasteiger partial charge in [0.1, 0.15) is 0 Å². The molecule has 1 unspecified atom stereocenters. The van der Waals surface area contributed by atoms with Crippen LogP contribution >= 0.6 is 23.2 Å². The van der Waals surface area contributed by atoms with E-state index in [1.54, 1.807) is 0 Å². The van der Waals surface area contributed by atoms with E-state index in [-0.39, 0.29) is 23.8 Å². The number of nitrogens with one attached hydrogen (secondary N) is 2. The van der Waals surface area contributed by atoms with Crippen LogP contribution in [0.1, 0.15) is 67.3 Å². The van der Waals surface area contributed by atoms with Crippen LogP contribution < -0.4 is 10.6 Å². The molecule has 2 amide bonds. The van der Waals surface area contributed by atoms with E-state index in [2.05, 4.69) is 15.5 Å². The Labute approximate surface area is 223 Å². The Balaban J connectivity index is 1.24. The Kier molecular flexibility index (Phi) is 8.19. The smallest absolute Gasteiger partial charge is 0.251 e. The van der Waals surface area contributed by atoms with Crippen LogP contribution in [-0.2, 0) is 11.2 Å². The summed E-state index contributed by atoms with van der Waals surface area (Å²) in [5, 5.41) is 7.63. The number of piperidine rings is 1. The Morgan fingerprint density at radius 3 is 2.25 bits per heavy atom. The highest BCUT2D eigenvalue weighted by atomic mass is 35.5. The predicted octanol–water partition coefficient (Wildman–Crippen LogP) is 5.87. The van der Waals surface area contributed by atoms with E-state index in [4.69, 9.17) is 23.2 Å². The quantitative estimate of drug-likeness (QED) is 0.494. The molecule has 2 aromatic carbocycles. The van der Waals surface area contributed by atoms with Gasteiger partial charge in [0, 0.05) is 40.2 Å². The SMILES string of the molecule is O=C(NC1CCNCC1)c1ccc(-c2cc(Cl)c(CC3CCN(C4CCCCC4)C3=O)c(Cl)c2)cc1. The van der Waals surface area contributed by atoms with Crippen LogP contribution in [-0.4, -0.2) is 48.4 Å². The number of hydrogen-bond donors (Lipinski definition) is 2. The standard InChI is InChI=1S/C29H35Cl2N3O2/c30-26-17-22(19-6-8-20(9-7-19)28(35)33-23-10-13-32-14-11-23)18-27(31)25(26)16-21-12-15-34(29(21)36)24-4-2-1-3-5-24/h6-9,17-18,21,23-24,32H,1-5,10-16H2,(H,33,35). The van der Waals surface area contributed by atoms with Crippen molar-refractivity contribution >= 4 is 35.0 Å². The van der Waals surface area contributed by atoms with Crippen molar-refractivity contribution in [1.29, 1.82) is 0 Å². The third kappa shape index (κ3) is 5.74. The van der Waals surface area contributed by atoms with E-state index < -0.39 is 0 Å². The molecule has 5 rings (SSSR count). The van der Waals surface area contributed by atoms with Gasteiger partial charge in [-0.1, -0.05) is 54.6 Å². The van der Waals surface area contributed by atoms with E-state index in [1.165, 1.54) is 19.3 Å². The third-order valence-corrected chi connectivity index (χ3v) is 8.79. The first-order chi connectivity index (χ1) is 17.5. The molecule has 5 nitrogen and oxygen atoms in total. The van der Waals surface area contributed by atoms with Gasteiger partial charge in [-0.15, -0.1) is 0 Å². The lowest BCUT2D eigenvalue weighted by atomic mass is 9.93. The molecule has 1 atom stereocenters. The molecule has 3 aliphatic rings. The summed E-state index contributed by atoms with van der Waals surface area (Å²) in [6.45, 7) is 2.73. The van der Waals surface area contributed by atoms with Crippen molar-refractivity contribution in [2.24, 2.45) is 5.92 Å². The maximum Gasteiger partial charge on any atom is 0.251 e. The van der Waals surface area contributed by atoms with Gasteiger partial charge in [0.2, 0.25) is 5.91 Å². The van der Waals surface area contributed by atoms with Gasteiger partial charge in [-0.25, -0.2) is 0 Å². The van der Waals surface area contributed by atoms with E-state index >= 15 is 0 Å². The average molecular weight is 529 g/mol. The van der Waals surface area contributed by atoms with E-state index in [0.29, 0.717) is 28.1 Å². The van der Waals surface area contributed by atoms with E-state index in [9.17, 15) is 9.59 Å². The minimum absolute atomic E-state index is 0.0386. The number of hydrogen-bond acceptors (Lipinski definition) is 3. The second-order valence-corrected chi connectivity index (χ2v) is 11.3. The van der Waals surface area contributed by atoms with Crippen LogP contribution in [0.3, 0.4) is 0 Å². The highest BCUT2D eigenvalue weighted by Crippen LogP contribution is 2.36. The average Bonchev–Trinajstić information content (AvgIpc) is 3.27.